The van der Waals surface area contributed by atoms with Gasteiger partial charge in [0.1, 0.15) is 0 Å². The quantitative estimate of drug-likeness (QED) is 0.658. The molecule has 3 aromatic rings. The molecule has 8 heteroatoms. The predicted octanol–water partition coefficient (Wildman–Crippen LogP) is 1.59. The Morgan fingerprint density at radius 3 is 2.65 bits per heavy atom. The molecule has 3 N–H and O–H groups in total. The highest BCUT2D eigenvalue weighted by molar-refractivity contribution is 7.89. The van der Waals surface area contributed by atoms with Crippen LogP contribution >= 0.6 is 0 Å². The third-order valence-electron chi connectivity index (χ3n) is 3.65. The lowest BCUT2D eigenvalue weighted by atomic mass is 10.2. The van der Waals surface area contributed by atoms with E-state index < -0.39 is 15.8 Å². The lowest BCUT2D eigenvalue weighted by molar-refractivity contribution is 0.553. The van der Waals surface area contributed by atoms with Crippen LogP contribution in [0.25, 0.3) is 11.1 Å². The summed E-state index contributed by atoms with van der Waals surface area (Å²) in [4.78, 5) is 16.8. The van der Waals surface area contributed by atoms with Crippen LogP contribution in [0.5, 0.6) is 0 Å². The molecule has 0 amide bonds. The summed E-state index contributed by atoms with van der Waals surface area (Å²) in [6.07, 6.45) is 0.594. The number of hydrogen-bond donors (Lipinski definition) is 3. The lowest BCUT2D eigenvalue weighted by Crippen LogP contribution is -2.26. The molecule has 2 heterocycles. The largest absolute Gasteiger partial charge is 0.417 e. The molecule has 0 fully saturated rings. The van der Waals surface area contributed by atoms with Crippen molar-refractivity contribution in [3.8, 4) is 0 Å². The summed E-state index contributed by atoms with van der Waals surface area (Å²) in [5, 5.41) is 0. The van der Waals surface area contributed by atoms with Crippen molar-refractivity contribution < 1.29 is 12.8 Å². The second-order valence-corrected chi connectivity index (χ2v) is 7.19. The number of hydrogen-bond acceptors (Lipinski definition) is 4. The third kappa shape index (κ3) is 3.22. The molecule has 1 aromatic carbocycles. The van der Waals surface area contributed by atoms with Gasteiger partial charge in [-0.2, -0.15) is 0 Å². The number of oxazole rings is 1. The van der Waals surface area contributed by atoms with Crippen molar-refractivity contribution in [3.05, 3.63) is 51.8 Å². The lowest BCUT2D eigenvalue weighted by Gasteiger charge is -2.06. The monoisotopic (exact) mass is 335 g/mol. The van der Waals surface area contributed by atoms with Gasteiger partial charge in [-0.15, -0.1) is 0 Å². The number of H-pyrrole nitrogens is 2. The maximum atomic E-state index is 12.3. The Morgan fingerprint density at radius 2 is 1.96 bits per heavy atom. The highest BCUT2D eigenvalue weighted by Crippen LogP contribution is 2.16. The number of nitrogens with one attached hydrogen (secondary N) is 3. The molecule has 0 saturated carbocycles. The van der Waals surface area contributed by atoms with Crippen LogP contribution in [0, 0.1) is 13.8 Å². The first kappa shape index (κ1) is 15.6. The van der Waals surface area contributed by atoms with Crippen LogP contribution in [0.2, 0.25) is 0 Å². The maximum Gasteiger partial charge on any atom is 0.417 e. The van der Waals surface area contributed by atoms with Gasteiger partial charge < -0.3 is 9.40 Å². The molecule has 3 rings (SSSR count). The normalized spacial score (nSPS) is 12.1. The second kappa shape index (κ2) is 5.71. The van der Waals surface area contributed by atoms with Gasteiger partial charge in [-0.25, -0.2) is 17.9 Å². The molecule has 0 spiro atoms. The first-order chi connectivity index (χ1) is 10.8. The van der Waals surface area contributed by atoms with Gasteiger partial charge in [0.2, 0.25) is 10.0 Å². The highest BCUT2D eigenvalue weighted by Gasteiger charge is 2.15. The zero-order valence-electron chi connectivity index (χ0n) is 12.8. The first-order valence-corrected chi connectivity index (χ1v) is 8.61. The zero-order chi connectivity index (χ0) is 16.6. The number of sulfonamides is 1. The van der Waals surface area contributed by atoms with Gasteiger partial charge in [0.05, 0.1) is 10.4 Å². The van der Waals surface area contributed by atoms with Crippen molar-refractivity contribution in [2.75, 3.05) is 6.54 Å². The van der Waals surface area contributed by atoms with Crippen LogP contribution in [-0.2, 0) is 16.4 Å². The van der Waals surface area contributed by atoms with Crippen LogP contribution < -0.4 is 10.5 Å². The second-order valence-electron chi connectivity index (χ2n) is 5.42. The summed E-state index contributed by atoms with van der Waals surface area (Å²) >= 11 is 0. The Labute approximate surface area is 132 Å². The summed E-state index contributed by atoms with van der Waals surface area (Å²) in [7, 11) is -3.65. The summed E-state index contributed by atoms with van der Waals surface area (Å²) in [5.74, 6) is -0.610. The zero-order valence-corrected chi connectivity index (χ0v) is 13.6. The molecule has 0 saturated heterocycles. The molecule has 0 aliphatic heterocycles. The van der Waals surface area contributed by atoms with Gasteiger partial charge in [0.25, 0.3) is 0 Å². The van der Waals surface area contributed by atoms with E-state index in [0.717, 1.165) is 17.0 Å². The van der Waals surface area contributed by atoms with Crippen LogP contribution in [-0.4, -0.2) is 24.9 Å². The van der Waals surface area contributed by atoms with E-state index >= 15 is 0 Å². The standard InChI is InChI=1S/C15H17N3O4S/c1-9-7-11(10(2)17-9)5-6-16-23(20,21)12-3-4-13-14(8-12)22-15(19)18-13/h3-4,7-8,16-17H,5-6H2,1-2H3,(H,18,19). The van der Waals surface area contributed by atoms with Gasteiger partial charge in [-0.1, -0.05) is 0 Å². The molecule has 0 unspecified atom stereocenters. The van der Waals surface area contributed by atoms with Crippen LogP contribution in [0.1, 0.15) is 17.0 Å². The average molecular weight is 335 g/mol. The minimum Gasteiger partial charge on any atom is -0.408 e. The van der Waals surface area contributed by atoms with Crippen molar-refractivity contribution in [1.29, 1.82) is 0 Å². The molecule has 122 valence electrons. The topological polar surface area (TPSA) is 108 Å². The number of aromatic nitrogens is 2. The number of benzene rings is 1. The number of fused-ring (bicyclic) bond motifs is 1. The van der Waals surface area contributed by atoms with Crippen molar-refractivity contribution >= 4 is 21.1 Å². The van der Waals surface area contributed by atoms with Gasteiger partial charge in [0.15, 0.2) is 5.58 Å². The molecule has 0 aliphatic carbocycles. The van der Waals surface area contributed by atoms with Crippen LogP contribution in [0.4, 0.5) is 0 Å². The molecule has 7 nitrogen and oxygen atoms in total. The molecule has 23 heavy (non-hydrogen) atoms. The van der Waals surface area contributed by atoms with Crippen LogP contribution in [0.3, 0.4) is 0 Å². The molecule has 0 radical (unpaired) electrons. The van der Waals surface area contributed by atoms with E-state index in [0.29, 0.717) is 11.9 Å². The van der Waals surface area contributed by atoms with Crippen molar-refractivity contribution in [2.24, 2.45) is 0 Å². The van der Waals surface area contributed by atoms with Gasteiger partial charge in [-0.3, -0.25) is 4.98 Å². The number of aromatic amines is 2. The molecule has 0 aliphatic rings. The Morgan fingerprint density at radius 1 is 1.17 bits per heavy atom. The Balaban J connectivity index is 1.74. The summed E-state index contributed by atoms with van der Waals surface area (Å²) in [6, 6.07) is 6.28. The molecular weight excluding hydrogens is 318 g/mol. The predicted molar refractivity (Wildman–Crippen MR) is 86.0 cm³/mol. The minimum atomic E-state index is -3.65. The SMILES string of the molecule is Cc1cc(CCNS(=O)(=O)c2ccc3[nH]c(=O)oc3c2)c(C)[nH]1. The fraction of sp³-hybridized carbons (Fsp3) is 0.267. The minimum absolute atomic E-state index is 0.0646. The van der Waals surface area contributed by atoms with E-state index in [1.807, 2.05) is 19.9 Å². The first-order valence-electron chi connectivity index (χ1n) is 7.13. The molecular formula is C15H17N3O4S. The van der Waals surface area contributed by atoms with Gasteiger partial charge in [-0.05, 0) is 44.0 Å². The van der Waals surface area contributed by atoms with E-state index in [1.54, 1.807) is 0 Å². The Kier molecular flexibility index (Phi) is 3.87. The summed E-state index contributed by atoms with van der Waals surface area (Å²) in [5.41, 5.74) is 3.85. The van der Waals surface area contributed by atoms with E-state index in [2.05, 4.69) is 14.7 Å². The molecule has 0 atom stereocenters. The smallest absolute Gasteiger partial charge is 0.408 e. The molecule has 2 aromatic heterocycles. The van der Waals surface area contributed by atoms with Crippen LogP contribution in [0.15, 0.2) is 38.4 Å². The van der Waals surface area contributed by atoms with E-state index in [4.69, 9.17) is 4.42 Å². The van der Waals surface area contributed by atoms with Crippen molar-refractivity contribution in [1.82, 2.24) is 14.7 Å². The van der Waals surface area contributed by atoms with Gasteiger partial charge >= 0.3 is 5.76 Å². The summed E-state index contributed by atoms with van der Waals surface area (Å²) in [6.45, 7) is 4.20. The maximum absolute atomic E-state index is 12.3. The highest BCUT2D eigenvalue weighted by atomic mass is 32.2. The Bertz CT molecular complexity index is 1010. The summed E-state index contributed by atoms with van der Waals surface area (Å²) < 4.78 is 32.1. The number of rotatable bonds is 5. The van der Waals surface area contributed by atoms with Gasteiger partial charge in [0, 0.05) is 24.0 Å². The van der Waals surface area contributed by atoms with E-state index in [1.165, 1.54) is 18.2 Å². The fourth-order valence-electron chi connectivity index (χ4n) is 2.54. The fourth-order valence-corrected chi connectivity index (χ4v) is 3.58. The van der Waals surface area contributed by atoms with E-state index in [9.17, 15) is 13.2 Å². The van der Waals surface area contributed by atoms with Crippen molar-refractivity contribution in [3.63, 3.8) is 0 Å². The van der Waals surface area contributed by atoms with Crippen molar-refractivity contribution in [2.45, 2.75) is 25.2 Å². The molecule has 0 bridgehead atoms. The average Bonchev–Trinajstić information content (AvgIpc) is 2.99. The van der Waals surface area contributed by atoms with E-state index in [-0.39, 0.29) is 17.0 Å². The third-order valence-corrected chi connectivity index (χ3v) is 5.10. The Hall–Kier alpha value is -2.32. The number of aryl methyl sites for hydroxylation is 2.